The Morgan fingerprint density at radius 2 is 2.33 bits per heavy atom. The fourth-order valence-electron chi connectivity index (χ4n) is 1.97. The second-order valence-electron chi connectivity index (χ2n) is 4.27. The highest BCUT2D eigenvalue weighted by Crippen LogP contribution is 2.15. The molecule has 0 atom stereocenters. The minimum atomic E-state index is -0.794. The maximum atomic E-state index is 10.7. The number of aryl methyl sites for hydroxylation is 2. The predicted molar refractivity (Wildman–Crippen MR) is 68.4 cm³/mol. The first-order valence-corrected chi connectivity index (χ1v) is 6.24. The Kier molecular flexibility index (Phi) is 3.92. The van der Waals surface area contributed by atoms with Gasteiger partial charge in [-0.05, 0) is 18.6 Å². The van der Waals surface area contributed by atoms with Crippen LogP contribution in [0.15, 0.2) is 18.3 Å². The van der Waals surface area contributed by atoms with E-state index in [1.807, 2.05) is 16.7 Å². The SMILES string of the molecule is CCCCn1c(CCC(=O)O)nc2cccnc21. The minimum Gasteiger partial charge on any atom is -0.481 e. The molecule has 0 aliphatic rings. The van der Waals surface area contributed by atoms with Crippen LogP contribution in [0.25, 0.3) is 11.2 Å². The highest BCUT2D eigenvalue weighted by molar-refractivity contribution is 5.71. The van der Waals surface area contributed by atoms with Crippen molar-refractivity contribution in [2.45, 2.75) is 39.2 Å². The molecule has 0 aliphatic heterocycles. The molecule has 5 nitrogen and oxygen atoms in total. The minimum absolute atomic E-state index is 0.107. The predicted octanol–water partition coefficient (Wildman–Crippen LogP) is 2.25. The summed E-state index contributed by atoms with van der Waals surface area (Å²) in [6.45, 7) is 2.97. The molecule has 18 heavy (non-hydrogen) atoms. The van der Waals surface area contributed by atoms with Crippen molar-refractivity contribution in [2.24, 2.45) is 0 Å². The molecular formula is C13H17N3O2. The molecule has 2 aromatic heterocycles. The molecule has 0 aliphatic carbocycles. The number of carboxylic acids is 1. The van der Waals surface area contributed by atoms with Crippen LogP contribution in [0.2, 0.25) is 0 Å². The van der Waals surface area contributed by atoms with Crippen LogP contribution in [0, 0.1) is 0 Å². The lowest BCUT2D eigenvalue weighted by Crippen LogP contribution is -2.07. The van der Waals surface area contributed by atoms with E-state index in [1.54, 1.807) is 6.20 Å². The summed E-state index contributed by atoms with van der Waals surface area (Å²) in [7, 11) is 0. The molecule has 96 valence electrons. The van der Waals surface area contributed by atoms with Crippen molar-refractivity contribution >= 4 is 17.1 Å². The molecule has 0 aromatic carbocycles. The number of carboxylic acid groups (broad SMARTS) is 1. The van der Waals surface area contributed by atoms with E-state index in [1.165, 1.54) is 0 Å². The molecule has 0 radical (unpaired) electrons. The highest BCUT2D eigenvalue weighted by atomic mass is 16.4. The first-order valence-electron chi connectivity index (χ1n) is 6.24. The van der Waals surface area contributed by atoms with E-state index in [9.17, 15) is 4.79 Å². The number of fused-ring (bicyclic) bond motifs is 1. The van der Waals surface area contributed by atoms with Crippen molar-refractivity contribution in [3.05, 3.63) is 24.2 Å². The molecule has 2 rings (SSSR count). The third-order valence-corrected chi connectivity index (χ3v) is 2.88. The van der Waals surface area contributed by atoms with Gasteiger partial charge in [-0.2, -0.15) is 0 Å². The van der Waals surface area contributed by atoms with Crippen molar-refractivity contribution in [3.63, 3.8) is 0 Å². The van der Waals surface area contributed by atoms with Crippen molar-refractivity contribution in [2.75, 3.05) is 0 Å². The van der Waals surface area contributed by atoms with Gasteiger partial charge in [0.05, 0.1) is 6.42 Å². The number of hydrogen-bond acceptors (Lipinski definition) is 3. The van der Waals surface area contributed by atoms with E-state index in [-0.39, 0.29) is 6.42 Å². The fraction of sp³-hybridized carbons (Fsp3) is 0.462. The average Bonchev–Trinajstić information content (AvgIpc) is 2.71. The van der Waals surface area contributed by atoms with Gasteiger partial charge in [-0.1, -0.05) is 13.3 Å². The van der Waals surface area contributed by atoms with Crippen LogP contribution in [0.5, 0.6) is 0 Å². The third-order valence-electron chi connectivity index (χ3n) is 2.88. The normalized spacial score (nSPS) is 10.9. The maximum Gasteiger partial charge on any atom is 0.303 e. The van der Waals surface area contributed by atoms with Gasteiger partial charge in [0.2, 0.25) is 0 Å². The van der Waals surface area contributed by atoms with E-state index < -0.39 is 5.97 Å². The lowest BCUT2D eigenvalue weighted by Gasteiger charge is -2.06. The van der Waals surface area contributed by atoms with Gasteiger partial charge in [-0.3, -0.25) is 4.79 Å². The van der Waals surface area contributed by atoms with Crippen LogP contribution >= 0.6 is 0 Å². The summed E-state index contributed by atoms with van der Waals surface area (Å²) in [6.07, 6.45) is 4.44. The molecule has 2 heterocycles. The molecule has 0 bridgehead atoms. The maximum absolute atomic E-state index is 10.7. The molecule has 0 fully saturated rings. The number of imidazole rings is 1. The second-order valence-corrected chi connectivity index (χ2v) is 4.27. The van der Waals surface area contributed by atoms with Crippen molar-refractivity contribution in [3.8, 4) is 0 Å². The largest absolute Gasteiger partial charge is 0.481 e. The van der Waals surface area contributed by atoms with Crippen molar-refractivity contribution in [1.82, 2.24) is 14.5 Å². The number of rotatable bonds is 6. The van der Waals surface area contributed by atoms with Crippen LogP contribution in [0.3, 0.4) is 0 Å². The van der Waals surface area contributed by atoms with Crippen LogP contribution in [-0.4, -0.2) is 25.6 Å². The number of unbranched alkanes of at least 4 members (excludes halogenated alkanes) is 1. The van der Waals surface area contributed by atoms with Gasteiger partial charge in [-0.25, -0.2) is 9.97 Å². The summed E-state index contributed by atoms with van der Waals surface area (Å²) >= 11 is 0. The number of carbonyl (C=O) groups is 1. The number of pyridine rings is 1. The summed E-state index contributed by atoms with van der Waals surface area (Å²) in [6, 6.07) is 3.76. The van der Waals surface area contributed by atoms with Gasteiger partial charge in [0.15, 0.2) is 5.65 Å². The Morgan fingerprint density at radius 3 is 3.06 bits per heavy atom. The van der Waals surface area contributed by atoms with Crippen LogP contribution in [0.1, 0.15) is 32.0 Å². The first kappa shape index (κ1) is 12.5. The monoisotopic (exact) mass is 247 g/mol. The number of aromatic nitrogens is 3. The number of aliphatic carboxylic acids is 1. The highest BCUT2D eigenvalue weighted by Gasteiger charge is 2.12. The smallest absolute Gasteiger partial charge is 0.303 e. The standard InChI is InChI=1S/C13H17N3O2/c1-2-3-9-16-11(6-7-12(17)18)15-10-5-4-8-14-13(10)16/h4-5,8H,2-3,6-7,9H2,1H3,(H,17,18). The lowest BCUT2D eigenvalue weighted by molar-refractivity contribution is -0.137. The summed E-state index contributed by atoms with van der Waals surface area (Å²) in [5.74, 6) is 0.0246. The second kappa shape index (κ2) is 5.62. The van der Waals surface area contributed by atoms with E-state index in [0.717, 1.165) is 36.4 Å². The molecule has 0 saturated carbocycles. The Balaban J connectivity index is 2.33. The molecule has 0 saturated heterocycles. The first-order chi connectivity index (χ1) is 8.72. The van der Waals surface area contributed by atoms with E-state index in [0.29, 0.717) is 6.42 Å². The van der Waals surface area contributed by atoms with E-state index in [4.69, 9.17) is 5.11 Å². The van der Waals surface area contributed by atoms with Gasteiger partial charge < -0.3 is 9.67 Å². The quantitative estimate of drug-likeness (QED) is 0.850. The van der Waals surface area contributed by atoms with Gasteiger partial charge in [-0.15, -0.1) is 0 Å². The van der Waals surface area contributed by atoms with Crippen LogP contribution < -0.4 is 0 Å². The summed E-state index contributed by atoms with van der Waals surface area (Å²) in [5, 5.41) is 8.76. The van der Waals surface area contributed by atoms with Crippen molar-refractivity contribution in [1.29, 1.82) is 0 Å². The molecule has 1 N–H and O–H groups in total. The zero-order valence-corrected chi connectivity index (χ0v) is 10.5. The van der Waals surface area contributed by atoms with Gasteiger partial charge >= 0.3 is 5.97 Å². The Hall–Kier alpha value is -1.91. The number of nitrogens with zero attached hydrogens (tertiary/aromatic N) is 3. The topological polar surface area (TPSA) is 68.0 Å². The molecule has 0 spiro atoms. The zero-order valence-electron chi connectivity index (χ0n) is 10.5. The Labute approximate surface area is 105 Å². The third kappa shape index (κ3) is 2.67. The Morgan fingerprint density at radius 1 is 1.50 bits per heavy atom. The molecule has 0 unspecified atom stereocenters. The molecule has 0 amide bonds. The molecule has 2 aromatic rings. The van der Waals surface area contributed by atoms with Crippen molar-refractivity contribution < 1.29 is 9.90 Å². The van der Waals surface area contributed by atoms with E-state index in [2.05, 4.69) is 16.9 Å². The van der Waals surface area contributed by atoms with Gasteiger partial charge in [0, 0.05) is 19.2 Å². The van der Waals surface area contributed by atoms with Crippen LogP contribution in [0.4, 0.5) is 0 Å². The zero-order chi connectivity index (χ0) is 13.0. The molecular weight excluding hydrogens is 230 g/mol. The fourth-order valence-corrected chi connectivity index (χ4v) is 1.97. The Bertz CT molecular complexity index is 548. The van der Waals surface area contributed by atoms with E-state index >= 15 is 0 Å². The summed E-state index contributed by atoms with van der Waals surface area (Å²) in [5.41, 5.74) is 1.69. The lowest BCUT2D eigenvalue weighted by atomic mass is 10.3. The average molecular weight is 247 g/mol. The summed E-state index contributed by atoms with van der Waals surface area (Å²) < 4.78 is 2.04. The number of hydrogen-bond donors (Lipinski definition) is 1. The summed E-state index contributed by atoms with van der Waals surface area (Å²) in [4.78, 5) is 19.5. The van der Waals surface area contributed by atoms with Crippen LogP contribution in [-0.2, 0) is 17.8 Å². The molecule has 5 heteroatoms. The van der Waals surface area contributed by atoms with Gasteiger partial charge in [0.1, 0.15) is 11.3 Å². The van der Waals surface area contributed by atoms with Gasteiger partial charge in [0.25, 0.3) is 0 Å².